The van der Waals surface area contributed by atoms with Gasteiger partial charge in [0.1, 0.15) is 0 Å². The predicted molar refractivity (Wildman–Crippen MR) is 66.4 cm³/mol. The van der Waals surface area contributed by atoms with E-state index in [1.165, 1.54) is 35.4 Å². The highest BCUT2D eigenvalue weighted by Gasteiger charge is 2.17. The zero-order valence-corrected chi connectivity index (χ0v) is 9.89. The van der Waals surface area contributed by atoms with Gasteiger partial charge in [-0.1, -0.05) is 12.5 Å². The molecule has 0 amide bonds. The van der Waals surface area contributed by atoms with Crippen molar-refractivity contribution in [3.05, 3.63) is 29.3 Å². The molecular formula is C12H15N3S. The monoisotopic (exact) mass is 233 g/mol. The molecule has 0 atom stereocenters. The lowest BCUT2D eigenvalue weighted by Crippen LogP contribution is -2.34. The molecule has 0 radical (unpaired) electrons. The van der Waals surface area contributed by atoms with Gasteiger partial charge in [0, 0.05) is 18.2 Å². The Morgan fingerprint density at radius 3 is 3.12 bits per heavy atom. The van der Waals surface area contributed by atoms with Gasteiger partial charge in [0.15, 0.2) is 0 Å². The van der Waals surface area contributed by atoms with Crippen LogP contribution in [0.25, 0.3) is 10.6 Å². The molecular weight excluding hydrogens is 218 g/mol. The van der Waals surface area contributed by atoms with Crippen LogP contribution in [0.2, 0.25) is 0 Å². The minimum absolute atomic E-state index is 0.728. The molecule has 3 nitrogen and oxygen atoms in total. The van der Waals surface area contributed by atoms with Crippen molar-refractivity contribution in [2.45, 2.75) is 31.8 Å². The van der Waals surface area contributed by atoms with Crippen molar-refractivity contribution in [2.75, 3.05) is 0 Å². The normalized spacial score (nSPS) is 16.2. The highest BCUT2D eigenvalue weighted by molar-refractivity contribution is 7.13. The number of thiophene rings is 1. The first-order valence-electron chi connectivity index (χ1n) is 5.73. The van der Waals surface area contributed by atoms with Crippen LogP contribution in [0.15, 0.2) is 23.7 Å². The first kappa shape index (κ1) is 10.1. The second-order valence-corrected chi connectivity index (χ2v) is 5.20. The lowest BCUT2D eigenvalue weighted by molar-refractivity contribution is 0.338. The van der Waals surface area contributed by atoms with Crippen molar-refractivity contribution in [3.8, 4) is 10.6 Å². The summed E-state index contributed by atoms with van der Waals surface area (Å²) in [6.45, 7) is 0.925. The summed E-state index contributed by atoms with van der Waals surface area (Å²) >= 11 is 1.75. The van der Waals surface area contributed by atoms with Gasteiger partial charge >= 0.3 is 0 Å². The number of hydrogen-bond donors (Lipinski definition) is 2. The Morgan fingerprint density at radius 1 is 1.50 bits per heavy atom. The molecule has 0 saturated heterocycles. The summed E-state index contributed by atoms with van der Waals surface area (Å²) < 4.78 is 0. The van der Waals surface area contributed by atoms with E-state index in [4.69, 9.17) is 0 Å². The van der Waals surface area contributed by atoms with Crippen molar-refractivity contribution in [1.29, 1.82) is 0 Å². The van der Waals surface area contributed by atoms with Crippen molar-refractivity contribution >= 4 is 11.3 Å². The fourth-order valence-corrected chi connectivity index (χ4v) is 2.70. The van der Waals surface area contributed by atoms with Gasteiger partial charge in [-0.05, 0) is 24.3 Å². The van der Waals surface area contributed by atoms with Crippen molar-refractivity contribution in [3.63, 3.8) is 0 Å². The minimum Gasteiger partial charge on any atom is -0.310 e. The maximum atomic E-state index is 4.14. The molecule has 0 aliphatic heterocycles. The van der Waals surface area contributed by atoms with Crippen LogP contribution >= 0.6 is 11.3 Å². The zero-order chi connectivity index (χ0) is 10.8. The largest absolute Gasteiger partial charge is 0.310 e. The van der Waals surface area contributed by atoms with Crippen LogP contribution in [-0.4, -0.2) is 16.2 Å². The zero-order valence-electron chi connectivity index (χ0n) is 9.07. The van der Waals surface area contributed by atoms with Gasteiger partial charge in [0.05, 0.1) is 16.8 Å². The number of aromatic amines is 1. The standard InChI is InChI=1S/C12H15N3S/c1-3-10(4-1)13-7-9-8-14-15-12(9)11-5-2-6-16-11/h2,5-6,8,10,13H,1,3-4,7H2,(H,14,15). The predicted octanol–water partition coefficient (Wildman–Crippen LogP) is 2.78. The van der Waals surface area contributed by atoms with Crippen molar-refractivity contribution in [1.82, 2.24) is 15.5 Å². The second-order valence-electron chi connectivity index (χ2n) is 4.26. The molecule has 1 saturated carbocycles. The van der Waals surface area contributed by atoms with Crippen molar-refractivity contribution < 1.29 is 0 Å². The van der Waals surface area contributed by atoms with E-state index in [0.29, 0.717) is 0 Å². The molecule has 2 N–H and O–H groups in total. The summed E-state index contributed by atoms with van der Waals surface area (Å²) in [7, 11) is 0. The first-order chi connectivity index (χ1) is 7.93. The number of hydrogen-bond acceptors (Lipinski definition) is 3. The van der Waals surface area contributed by atoms with Crippen LogP contribution in [0.5, 0.6) is 0 Å². The molecule has 16 heavy (non-hydrogen) atoms. The highest BCUT2D eigenvalue weighted by Crippen LogP contribution is 2.26. The van der Waals surface area contributed by atoms with Crippen LogP contribution in [0.3, 0.4) is 0 Å². The molecule has 2 heterocycles. The lowest BCUT2D eigenvalue weighted by atomic mass is 9.93. The van der Waals surface area contributed by atoms with E-state index in [2.05, 4.69) is 33.0 Å². The van der Waals surface area contributed by atoms with Crippen LogP contribution in [0.4, 0.5) is 0 Å². The van der Waals surface area contributed by atoms with E-state index >= 15 is 0 Å². The highest BCUT2D eigenvalue weighted by atomic mass is 32.1. The molecule has 0 unspecified atom stereocenters. The van der Waals surface area contributed by atoms with E-state index in [1.807, 2.05) is 6.20 Å². The van der Waals surface area contributed by atoms with Gasteiger partial charge in [-0.15, -0.1) is 11.3 Å². The molecule has 0 aromatic carbocycles. The van der Waals surface area contributed by atoms with E-state index in [0.717, 1.165) is 12.6 Å². The molecule has 0 bridgehead atoms. The van der Waals surface area contributed by atoms with Crippen LogP contribution in [-0.2, 0) is 6.54 Å². The number of rotatable bonds is 4. The maximum absolute atomic E-state index is 4.14. The first-order valence-corrected chi connectivity index (χ1v) is 6.61. The summed E-state index contributed by atoms with van der Waals surface area (Å²) in [6, 6.07) is 4.93. The Morgan fingerprint density at radius 2 is 2.44 bits per heavy atom. The second kappa shape index (κ2) is 4.39. The van der Waals surface area contributed by atoms with Gasteiger partial charge in [0.25, 0.3) is 0 Å². The third kappa shape index (κ3) is 1.90. The average Bonchev–Trinajstić information content (AvgIpc) is 2.83. The SMILES string of the molecule is c1csc(-c2[nH]ncc2CNC2CCC2)c1. The van der Waals surface area contributed by atoms with Gasteiger partial charge < -0.3 is 5.32 Å². The number of nitrogens with one attached hydrogen (secondary N) is 2. The Balaban J connectivity index is 1.72. The number of nitrogens with zero attached hydrogens (tertiary/aromatic N) is 1. The summed E-state index contributed by atoms with van der Waals surface area (Å²) in [6.07, 6.45) is 5.96. The average molecular weight is 233 g/mol. The van der Waals surface area contributed by atoms with E-state index in [9.17, 15) is 0 Å². The summed E-state index contributed by atoms with van der Waals surface area (Å²) in [4.78, 5) is 1.27. The molecule has 1 aliphatic rings. The molecule has 3 rings (SSSR count). The Labute approximate surface area is 98.9 Å². The van der Waals surface area contributed by atoms with Gasteiger partial charge in [0.2, 0.25) is 0 Å². The number of H-pyrrole nitrogens is 1. The van der Waals surface area contributed by atoms with Crippen LogP contribution < -0.4 is 5.32 Å². The van der Waals surface area contributed by atoms with Crippen molar-refractivity contribution in [2.24, 2.45) is 0 Å². The Bertz CT molecular complexity index is 443. The molecule has 1 fully saturated rings. The number of aromatic nitrogens is 2. The Hall–Kier alpha value is -1.13. The smallest absolute Gasteiger partial charge is 0.0794 e. The molecule has 84 valence electrons. The van der Waals surface area contributed by atoms with Gasteiger partial charge in [-0.3, -0.25) is 5.10 Å². The quantitative estimate of drug-likeness (QED) is 0.852. The fraction of sp³-hybridized carbons (Fsp3) is 0.417. The summed E-state index contributed by atoms with van der Waals surface area (Å²) in [5, 5.41) is 12.9. The molecule has 1 aliphatic carbocycles. The van der Waals surface area contributed by atoms with E-state index < -0.39 is 0 Å². The molecule has 0 spiro atoms. The topological polar surface area (TPSA) is 40.7 Å². The minimum atomic E-state index is 0.728. The summed E-state index contributed by atoms with van der Waals surface area (Å²) in [5.74, 6) is 0. The molecule has 2 aromatic rings. The van der Waals surface area contributed by atoms with E-state index in [-0.39, 0.29) is 0 Å². The third-order valence-electron chi connectivity index (χ3n) is 3.17. The van der Waals surface area contributed by atoms with Gasteiger partial charge in [-0.2, -0.15) is 5.10 Å². The third-order valence-corrected chi connectivity index (χ3v) is 4.06. The molecule has 4 heteroatoms. The lowest BCUT2D eigenvalue weighted by Gasteiger charge is -2.26. The van der Waals surface area contributed by atoms with Gasteiger partial charge in [-0.25, -0.2) is 0 Å². The molecule has 2 aromatic heterocycles. The maximum Gasteiger partial charge on any atom is 0.0794 e. The Kier molecular flexibility index (Phi) is 2.76. The van der Waals surface area contributed by atoms with Crippen LogP contribution in [0, 0.1) is 0 Å². The van der Waals surface area contributed by atoms with Crippen LogP contribution in [0.1, 0.15) is 24.8 Å². The van der Waals surface area contributed by atoms with E-state index in [1.54, 1.807) is 11.3 Å². The fourth-order valence-electron chi connectivity index (χ4n) is 1.95. The summed E-state index contributed by atoms with van der Waals surface area (Å²) in [5.41, 5.74) is 2.44.